The zero-order chi connectivity index (χ0) is 13.1. The minimum atomic E-state index is -0.239. The van der Waals surface area contributed by atoms with Crippen molar-refractivity contribution in [1.29, 1.82) is 0 Å². The zero-order valence-electron chi connectivity index (χ0n) is 10.5. The summed E-state index contributed by atoms with van der Waals surface area (Å²) >= 11 is 0. The summed E-state index contributed by atoms with van der Waals surface area (Å²) in [6.45, 7) is 0. The molecular formula is C15H15NO3. The van der Waals surface area contributed by atoms with E-state index in [1.54, 1.807) is 24.3 Å². The van der Waals surface area contributed by atoms with E-state index in [-0.39, 0.29) is 35.8 Å². The lowest BCUT2D eigenvalue weighted by molar-refractivity contribution is 0.0421. The molecule has 2 saturated carbocycles. The molecule has 1 N–H and O–H groups in total. The topological polar surface area (TPSA) is 57.6 Å². The molecule has 0 radical (unpaired) electrons. The summed E-state index contributed by atoms with van der Waals surface area (Å²) < 4.78 is 0. The Kier molecular flexibility index (Phi) is 2.16. The van der Waals surface area contributed by atoms with Crippen molar-refractivity contribution in [2.45, 2.75) is 31.4 Å². The van der Waals surface area contributed by atoms with Gasteiger partial charge in [-0.3, -0.25) is 14.5 Å². The van der Waals surface area contributed by atoms with Crippen LogP contribution in [-0.2, 0) is 0 Å². The maximum absolute atomic E-state index is 12.4. The number of carbonyl (C=O) groups excluding carboxylic acids is 2. The fourth-order valence-corrected chi connectivity index (χ4v) is 4.04. The molecule has 1 heterocycles. The molecule has 0 spiro atoms. The van der Waals surface area contributed by atoms with Gasteiger partial charge in [-0.15, -0.1) is 0 Å². The lowest BCUT2D eigenvalue weighted by Crippen LogP contribution is -2.44. The van der Waals surface area contributed by atoms with E-state index in [0.29, 0.717) is 11.1 Å². The first-order chi connectivity index (χ1) is 9.16. The summed E-state index contributed by atoms with van der Waals surface area (Å²) in [5.41, 5.74) is 1.05. The van der Waals surface area contributed by atoms with Gasteiger partial charge in [0.15, 0.2) is 0 Å². The molecule has 1 aromatic rings. The second kappa shape index (κ2) is 3.67. The van der Waals surface area contributed by atoms with Crippen LogP contribution in [0, 0.1) is 11.8 Å². The molecule has 4 atom stereocenters. The van der Waals surface area contributed by atoms with Crippen molar-refractivity contribution in [3.05, 3.63) is 35.4 Å². The molecule has 98 valence electrons. The predicted molar refractivity (Wildman–Crippen MR) is 67.6 cm³/mol. The van der Waals surface area contributed by atoms with Crippen molar-refractivity contribution in [2.24, 2.45) is 11.8 Å². The third-order valence-corrected chi connectivity index (χ3v) is 4.94. The van der Waals surface area contributed by atoms with E-state index in [2.05, 4.69) is 0 Å². The van der Waals surface area contributed by atoms with Crippen LogP contribution in [-0.4, -0.2) is 34.0 Å². The minimum Gasteiger partial charge on any atom is -0.393 e. The Bertz CT molecular complexity index is 546. The van der Waals surface area contributed by atoms with Gasteiger partial charge < -0.3 is 5.11 Å². The van der Waals surface area contributed by atoms with Gasteiger partial charge in [-0.1, -0.05) is 12.1 Å². The Hall–Kier alpha value is -1.68. The Morgan fingerprint density at radius 2 is 1.58 bits per heavy atom. The quantitative estimate of drug-likeness (QED) is 0.774. The summed E-state index contributed by atoms with van der Waals surface area (Å²) in [4.78, 5) is 26.2. The highest BCUT2D eigenvalue weighted by molar-refractivity contribution is 6.21. The molecule has 1 aromatic carbocycles. The van der Waals surface area contributed by atoms with E-state index in [4.69, 9.17) is 0 Å². The molecule has 0 saturated heterocycles. The fraction of sp³-hybridized carbons (Fsp3) is 0.467. The van der Waals surface area contributed by atoms with Gasteiger partial charge in [0, 0.05) is 6.04 Å². The number of benzene rings is 1. The first kappa shape index (κ1) is 11.2. The van der Waals surface area contributed by atoms with Crippen molar-refractivity contribution in [3.8, 4) is 0 Å². The van der Waals surface area contributed by atoms with E-state index < -0.39 is 0 Å². The maximum Gasteiger partial charge on any atom is 0.261 e. The standard InChI is InChI=1S/C15H15NO3/c17-13-7-8-5-9(13)6-12(8)16-14(18)10-3-1-2-4-11(10)15(16)19/h1-4,8-9,12-13,17H,5-7H2/t8-,9-,12?,13-/m0/s1. The van der Waals surface area contributed by atoms with Crippen LogP contribution >= 0.6 is 0 Å². The first-order valence-electron chi connectivity index (χ1n) is 6.82. The Morgan fingerprint density at radius 1 is 0.947 bits per heavy atom. The zero-order valence-corrected chi connectivity index (χ0v) is 10.5. The fourth-order valence-electron chi connectivity index (χ4n) is 4.04. The van der Waals surface area contributed by atoms with Crippen molar-refractivity contribution in [3.63, 3.8) is 0 Å². The van der Waals surface area contributed by atoms with Crippen molar-refractivity contribution >= 4 is 11.8 Å². The molecule has 4 nitrogen and oxygen atoms in total. The molecule has 4 heteroatoms. The molecule has 3 aliphatic rings. The van der Waals surface area contributed by atoms with Gasteiger partial charge in [0.2, 0.25) is 0 Å². The molecule has 1 unspecified atom stereocenters. The number of rotatable bonds is 1. The number of nitrogens with zero attached hydrogens (tertiary/aromatic N) is 1. The molecule has 0 aromatic heterocycles. The van der Waals surface area contributed by atoms with E-state index in [9.17, 15) is 14.7 Å². The molecular weight excluding hydrogens is 242 g/mol. The van der Waals surface area contributed by atoms with Crippen molar-refractivity contribution in [1.82, 2.24) is 4.90 Å². The van der Waals surface area contributed by atoms with Gasteiger partial charge in [-0.2, -0.15) is 0 Å². The SMILES string of the molecule is O=C1c2ccccc2C(=O)N1C1C[C@@H]2C[C@H]1C[C@@H]2O. The average Bonchev–Trinajstić information content (AvgIpc) is 3.03. The third kappa shape index (κ3) is 1.38. The Labute approximate surface area is 111 Å². The van der Waals surface area contributed by atoms with Crippen LogP contribution in [0.4, 0.5) is 0 Å². The number of fused-ring (bicyclic) bond motifs is 3. The second-order valence-corrected chi connectivity index (χ2v) is 5.89. The van der Waals surface area contributed by atoms with Crippen molar-refractivity contribution < 1.29 is 14.7 Å². The van der Waals surface area contributed by atoms with Crippen LogP contribution in [0.3, 0.4) is 0 Å². The van der Waals surface area contributed by atoms with Crippen LogP contribution in [0.2, 0.25) is 0 Å². The smallest absolute Gasteiger partial charge is 0.261 e. The third-order valence-electron chi connectivity index (χ3n) is 4.94. The minimum absolute atomic E-state index is 0.0131. The van der Waals surface area contributed by atoms with E-state index in [0.717, 1.165) is 19.3 Å². The molecule has 19 heavy (non-hydrogen) atoms. The molecule has 1 aliphatic heterocycles. The lowest BCUT2D eigenvalue weighted by atomic mass is 9.92. The van der Waals surface area contributed by atoms with Crippen LogP contribution in [0.5, 0.6) is 0 Å². The summed E-state index contributed by atoms with van der Waals surface area (Å²) in [6.07, 6.45) is 2.19. The number of amides is 2. The average molecular weight is 257 g/mol. The number of aliphatic hydroxyl groups is 1. The summed E-state index contributed by atoms with van der Waals surface area (Å²) in [5, 5.41) is 9.80. The number of imide groups is 1. The number of hydrogen-bond donors (Lipinski definition) is 1. The van der Waals surface area contributed by atoms with Gasteiger partial charge in [0.1, 0.15) is 0 Å². The molecule has 2 aliphatic carbocycles. The maximum atomic E-state index is 12.4. The van der Waals surface area contributed by atoms with Gasteiger partial charge in [0.05, 0.1) is 17.2 Å². The monoisotopic (exact) mass is 257 g/mol. The van der Waals surface area contributed by atoms with Crippen LogP contribution < -0.4 is 0 Å². The Balaban J connectivity index is 1.69. The van der Waals surface area contributed by atoms with E-state index in [1.165, 1.54) is 4.90 Å². The van der Waals surface area contributed by atoms with Gasteiger partial charge >= 0.3 is 0 Å². The highest BCUT2D eigenvalue weighted by atomic mass is 16.3. The predicted octanol–water partition coefficient (Wildman–Crippen LogP) is 1.44. The molecule has 2 bridgehead atoms. The summed E-state index contributed by atoms with van der Waals surface area (Å²) in [6, 6.07) is 7.01. The van der Waals surface area contributed by atoms with Crippen LogP contribution in [0.1, 0.15) is 40.0 Å². The second-order valence-electron chi connectivity index (χ2n) is 5.89. The van der Waals surface area contributed by atoms with E-state index in [1.807, 2.05) is 0 Å². The van der Waals surface area contributed by atoms with Gasteiger partial charge in [-0.05, 0) is 43.2 Å². The Morgan fingerprint density at radius 3 is 2.05 bits per heavy atom. The molecule has 4 rings (SSSR count). The van der Waals surface area contributed by atoms with Crippen LogP contribution in [0.15, 0.2) is 24.3 Å². The lowest BCUT2D eigenvalue weighted by Gasteiger charge is -2.31. The van der Waals surface area contributed by atoms with Crippen LogP contribution in [0.25, 0.3) is 0 Å². The van der Waals surface area contributed by atoms with Crippen molar-refractivity contribution in [2.75, 3.05) is 0 Å². The van der Waals surface area contributed by atoms with Gasteiger partial charge in [0.25, 0.3) is 11.8 Å². The normalized spacial score (nSPS) is 36.2. The highest BCUT2D eigenvalue weighted by Gasteiger charge is 2.52. The van der Waals surface area contributed by atoms with Gasteiger partial charge in [-0.25, -0.2) is 0 Å². The summed E-state index contributed by atoms with van der Waals surface area (Å²) in [5.74, 6) is 0.224. The first-order valence-corrected chi connectivity index (χ1v) is 6.82. The largest absolute Gasteiger partial charge is 0.393 e. The molecule has 2 fully saturated rings. The number of hydrogen-bond acceptors (Lipinski definition) is 3. The highest BCUT2D eigenvalue weighted by Crippen LogP contribution is 2.48. The molecule has 2 amide bonds. The number of aliphatic hydroxyl groups excluding tert-OH is 1. The number of carbonyl (C=O) groups is 2. The van der Waals surface area contributed by atoms with E-state index >= 15 is 0 Å². The summed E-state index contributed by atoms with van der Waals surface area (Å²) in [7, 11) is 0.